The molecule has 0 saturated carbocycles. The second-order valence-electron chi connectivity index (χ2n) is 4.75. The predicted molar refractivity (Wildman–Crippen MR) is 73.8 cm³/mol. The van der Waals surface area contributed by atoms with E-state index in [1.807, 2.05) is 12.1 Å². The van der Waals surface area contributed by atoms with E-state index >= 15 is 0 Å². The molecule has 1 heterocycles. The molecule has 0 amide bonds. The number of nitrogen functional groups attached to an aromatic ring is 1. The van der Waals surface area contributed by atoms with Gasteiger partial charge in [0.25, 0.3) is 0 Å². The van der Waals surface area contributed by atoms with E-state index in [0.29, 0.717) is 12.1 Å². The van der Waals surface area contributed by atoms with Crippen molar-refractivity contribution in [3.05, 3.63) is 22.7 Å². The van der Waals surface area contributed by atoms with Gasteiger partial charge in [0, 0.05) is 22.2 Å². The molecular formula is C13H19BrN2. The maximum absolute atomic E-state index is 5.78. The van der Waals surface area contributed by atoms with Gasteiger partial charge in [-0.05, 0) is 67.2 Å². The Kier molecular flexibility index (Phi) is 3.43. The van der Waals surface area contributed by atoms with E-state index in [-0.39, 0.29) is 0 Å². The molecule has 88 valence electrons. The summed E-state index contributed by atoms with van der Waals surface area (Å²) in [5.41, 5.74) is 7.86. The lowest BCUT2D eigenvalue weighted by Gasteiger charge is -2.41. The lowest BCUT2D eigenvalue weighted by molar-refractivity contribution is 0.414. The van der Waals surface area contributed by atoms with Crippen LogP contribution in [0.2, 0.25) is 0 Å². The second kappa shape index (κ2) is 4.66. The third-order valence-electron chi connectivity index (χ3n) is 3.44. The number of nitrogens with two attached hydrogens (primary N) is 1. The van der Waals surface area contributed by atoms with Gasteiger partial charge in [0.15, 0.2) is 0 Å². The number of halogens is 1. The van der Waals surface area contributed by atoms with Crippen LogP contribution in [0.25, 0.3) is 0 Å². The summed E-state index contributed by atoms with van der Waals surface area (Å²) in [5, 5.41) is 0. The van der Waals surface area contributed by atoms with Gasteiger partial charge < -0.3 is 10.6 Å². The number of benzene rings is 1. The Bertz CT molecular complexity index is 368. The van der Waals surface area contributed by atoms with Gasteiger partial charge in [-0.1, -0.05) is 0 Å². The summed E-state index contributed by atoms with van der Waals surface area (Å²) in [5.74, 6) is 0. The molecule has 3 heteroatoms. The summed E-state index contributed by atoms with van der Waals surface area (Å²) in [4.78, 5) is 2.51. The monoisotopic (exact) mass is 282 g/mol. The van der Waals surface area contributed by atoms with Crippen molar-refractivity contribution >= 4 is 27.3 Å². The third-order valence-corrected chi connectivity index (χ3v) is 4.08. The molecule has 1 aliphatic rings. The zero-order valence-corrected chi connectivity index (χ0v) is 11.5. The summed E-state index contributed by atoms with van der Waals surface area (Å²) < 4.78 is 1.10. The van der Waals surface area contributed by atoms with Crippen LogP contribution in [0.3, 0.4) is 0 Å². The van der Waals surface area contributed by atoms with E-state index in [1.165, 1.54) is 24.9 Å². The molecule has 1 aliphatic heterocycles. The molecule has 1 saturated heterocycles. The largest absolute Gasteiger partial charge is 0.399 e. The Labute approximate surface area is 106 Å². The number of hydrogen-bond acceptors (Lipinski definition) is 2. The van der Waals surface area contributed by atoms with Crippen LogP contribution >= 0.6 is 15.9 Å². The molecule has 1 aromatic rings. The zero-order chi connectivity index (χ0) is 11.7. The Morgan fingerprint density at radius 3 is 2.44 bits per heavy atom. The van der Waals surface area contributed by atoms with E-state index in [4.69, 9.17) is 5.73 Å². The molecule has 0 radical (unpaired) electrons. The van der Waals surface area contributed by atoms with Gasteiger partial charge in [-0.25, -0.2) is 0 Å². The molecule has 0 aliphatic carbocycles. The van der Waals surface area contributed by atoms with Crippen LogP contribution in [-0.2, 0) is 0 Å². The van der Waals surface area contributed by atoms with Gasteiger partial charge in [-0.2, -0.15) is 0 Å². The molecule has 2 N–H and O–H groups in total. The van der Waals surface area contributed by atoms with Crippen LogP contribution in [0.4, 0.5) is 11.4 Å². The number of hydrogen-bond donors (Lipinski definition) is 1. The minimum absolute atomic E-state index is 0.615. The normalized spacial score (nSPS) is 25.8. The van der Waals surface area contributed by atoms with Gasteiger partial charge in [-0.3, -0.25) is 0 Å². The van der Waals surface area contributed by atoms with Crippen LogP contribution < -0.4 is 10.6 Å². The van der Waals surface area contributed by atoms with Gasteiger partial charge in [0.1, 0.15) is 0 Å². The Hall–Kier alpha value is -0.700. The van der Waals surface area contributed by atoms with E-state index in [0.717, 1.165) is 10.2 Å². The standard InChI is InChI=1S/C13H19BrN2/c1-9-4-3-5-10(2)16(9)13-7-6-11(15)8-12(13)14/h6-10H,3-5,15H2,1-2H3. The van der Waals surface area contributed by atoms with E-state index in [1.54, 1.807) is 0 Å². The fourth-order valence-corrected chi connectivity index (χ4v) is 3.23. The average Bonchev–Trinajstić information content (AvgIpc) is 2.20. The summed E-state index contributed by atoms with van der Waals surface area (Å²) in [6, 6.07) is 7.32. The number of piperidine rings is 1. The van der Waals surface area contributed by atoms with Gasteiger partial charge in [0.2, 0.25) is 0 Å². The van der Waals surface area contributed by atoms with E-state index < -0.39 is 0 Å². The SMILES string of the molecule is CC1CCCC(C)N1c1ccc(N)cc1Br. The highest BCUT2D eigenvalue weighted by molar-refractivity contribution is 9.10. The quantitative estimate of drug-likeness (QED) is 0.794. The van der Waals surface area contributed by atoms with Gasteiger partial charge >= 0.3 is 0 Å². The van der Waals surface area contributed by atoms with Crippen molar-refractivity contribution in [3.8, 4) is 0 Å². The molecule has 0 spiro atoms. The van der Waals surface area contributed by atoms with Crippen molar-refractivity contribution in [2.24, 2.45) is 0 Å². The number of nitrogens with zero attached hydrogens (tertiary/aromatic N) is 1. The molecule has 2 rings (SSSR count). The van der Waals surface area contributed by atoms with Crippen molar-refractivity contribution in [3.63, 3.8) is 0 Å². The summed E-state index contributed by atoms with van der Waals surface area (Å²) in [7, 11) is 0. The molecule has 0 bridgehead atoms. The zero-order valence-electron chi connectivity index (χ0n) is 9.91. The van der Waals surface area contributed by atoms with E-state index in [2.05, 4.69) is 40.7 Å². The number of rotatable bonds is 1. The van der Waals surface area contributed by atoms with Crippen molar-refractivity contribution in [1.82, 2.24) is 0 Å². The maximum Gasteiger partial charge on any atom is 0.0517 e. The van der Waals surface area contributed by atoms with Crippen molar-refractivity contribution < 1.29 is 0 Å². The Morgan fingerprint density at radius 1 is 1.25 bits per heavy atom. The molecule has 2 atom stereocenters. The van der Waals surface area contributed by atoms with Crippen molar-refractivity contribution in [2.45, 2.75) is 45.2 Å². The van der Waals surface area contributed by atoms with Gasteiger partial charge in [-0.15, -0.1) is 0 Å². The molecule has 16 heavy (non-hydrogen) atoms. The lowest BCUT2D eigenvalue weighted by atomic mass is 9.96. The lowest BCUT2D eigenvalue weighted by Crippen LogP contribution is -2.44. The van der Waals surface area contributed by atoms with Crippen LogP contribution in [0.1, 0.15) is 33.1 Å². The molecule has 1 fully saturated rings. The first-order valence-electron chi connectivity index (χ1n) is 5.93. The number of anilines is 2. The van der Waals surface area contributed by atoms with Crippen molar-refractivity contribution in [1.29, 1.82) is 0 Å². The molecular weight excluding hydrogens is 264 g/mol. The highest BCUT2D eigenvalue weighted by Crippen LogP contribution is 2.35. The summed E-state index contributed by atoms with van der Waals surface area (Å²) >= 11 is 3.62. The maximum atomic E-state index is 5.78. The predicted octanol–water partition coefficient (Wildman–Crippen LogP) is 3.80. The first-order chi connectivity index (χ1) is 7.59. The second-order valence-corrected chi connectivity index (χ2v) is 5.60. The first kappa shape index (κ1) is 11.8. The molecule has 1 aromatic carbocycles. The molecule has 2 nitrogen and oxygen atoms in total. The highest BCUT2D eigenvalue weighted by Gasteiger charge is 2.25. The molecule has 0 aromatic heterocycles. The highest BCUT2D eigenvalue weighted by atomic mass is 79.9. The van der Waals surface area contributed by atoms with Gasteiger partial charge in [0.05, 0.1) is 5.69 Å². The fraction of sp³-hybridized carbons (Fsp3) is 0.538. The minimum atomic E-state index is 0.615. The van der Waals surface area contributed by atoms with E-state index in [9.17, 15) is 0 Å². The van der Waals surface area contributed by atoms with Crippen molar-refractivity contribution in [2.75, 3.05) is 10.6 Å². The molecule has 2 unspecified atom stereocenters. The average molecular weight is 283 g/mol. The van der Waals surface area contributed by atoms with Crippen LogP contribution in [0, 0.1) is 0 Å². The van der Waals surface area contributed by atoms with Crippen LogP contribution in [0.5, 0.6) is 0 Å². The summed E-state index contributed by atoms with van der Waals surface area (Å²) in [6.07, 6.45) is 3.90. The van der Waals surface area contributed by atoms with Crippen LogP contribution in [0.15, 0.2) is 22.7 Å². The minimum Gasteiger partial charge on any atom is -0.399 e. The third kappa shape index (κ3) is 2.19. The Morgan fingerprint density at radius 2 is 1.88 bits per heavy atom. The summed E-state index contributed by atoms with van der Waals surface area (Å²) in [6.45, 7) is 4.61. The van der Waals surface area contributed by atoms with Crippen LogP contribution in [-0.4, -0.2) is 12.1 Å². The first-order valence-corrected chi connectivity index (χ1v) is 6.72. The smallest absolute Gasteiger partial charge is 0.0517 e. The fourth-order valence-electron chi connectivity index (χ4n) is 2.63. The Balaban J connectivity index is 2.34. The topological polar surface area (TPSA) is 29.3 Å².